The van der Waals surface area contributed by atoms with Crippen molar-refractivity contribution in [3.8, 4) is 0 Å². The fourth-order valence-electron chi connectivity index (χ4n) is 2.65. The average molecular weight is 302 g/mol. The van der Waals surface area contributed by atoms with E-state index in [1.165, 1.54) is 12.1 Å². The summed E-state index contributed by atoms with van der Waals surface area (Å²) in [5.74, 6) is 0.393. The van der Waals surface area contributed by atoms with E-state index >= 15 is 0 Å². The monoisotopic (exact) mass is 302 g/mol. The lowest BCUT2D eigenvalue weighted by Crippen LogP contribution is -2.29. The van der Waals surface area contributed by atoms with Crippen LogP contribution in [0.2, 0.25) is 0 Å². The quantitative estimate of drug-likeness (QED) is 0.901. The minimum atomic E-state index is -0.789. The van der Waals surface area contributed by atoms with E-state index < -0.39 is 6.10 Å². The molecule has 0 saturated carbocycles. The standard InChI is InChI=1S/C16H19FN4O/c1-21-6-5-14-13(9-21)16(20-10-19-14)18-8-15(22)11-3-2-4-12(17)7-11/h2-4,7,10,15,22H,5-6,8-9H2,1H3,(H,18,19,20). The van der Waals surface area contributed by atoms with Crippen molar-refractivity contribution in [2.45, 2.75) is 19.1 Å². The van der Waals surface area contributed by atoms with Crippen LogP contribution >= 0.6 is 0 Å². The van der Waals surface area contributed by atoms with Gasteiger partial charge in [0.25, 0.3) is 0 Å². The number of nitrogens with zero attached hydrogens (tertiary/aromatic N) is 3. The molecule has 1 unspecified atom stereocenters. The number of hydrogen-bond donors (Lipinski definition) is 2. The predicted molar refractivity (Wildman–Crippen MR) is 81.9 cm³/mol. The summed E-state index contributed by atoms with van der Waals surface area (Å²) in [5, 5.41) is 13.3. The Hall–Kier alpha value is -2.05. The van der Waals surface area contributed by atoms with E-state index in [9.17, 15) is 9.50 Å². The second-order valence-electron chi connectivity index (χ2n) is 5.59. The van der Waals surface area contributed by atoms with Crippen molar-refractivity contribution in [2.24, 2.45) is 0 Å². The summed E-state index contributed by atoms with van der Waals surface area (Å²) >= 11 is 0. The molecule has 0 aliphatic carbocycles. The van der Waals surface area contributed by atoms with Gasteiger partial charge < -0.3 is 15.3 Å². The largest absolute Gasteiger partial charge is 0.387 e. The molecule has 2 aromatic rings. The van der Waals surface area contributed by atoms with Gasteiger partial charge in [-0.3, -0.25) is 0 Å². The summed E-state index contributed by atoms with van der Waals surface area (Å²) in [5.41, 5.74) is 2.67. The Morgan fingerprint density at radius 3 is 3.09 bits per heavy atom. The molecule has 0 amide bonds. The highest BCUT2D eigenvalue weighted by molar-refractivity contribution is 5.47. The molecule has 1 atom stereocenters. The highest BCUT2D eigenvalue weighted by Gasteiger charge is 2.19. The summed E-state index contributed by atoms with van der Waals surface area (Å²) in [6.45, 7) is 2.04. The number of benzene rings is 1. The number of halogens is 1. The molecule has 22 heavy (non-hydrogen) atoms. The Kier molecular flexibility index (Phi) is 4.31. The van der Waals surface area contributed by atoms with Gasteiger partial charge in [-0.2, -0.15) is 0 Å². The Balaban J connectivity index is 1.72. The van der Waals surface area contributed by atoms with E-state index in [4.69, 9.17) is 0 Å². The molecule has 1 aliphatic heterocycles. The van der Waals surface area contributed by atoms with E-state index in [0.717, 1.165) is 36.6 Å². The van der Waals surface area contributed by atoms with Gasteiger partial charge in [0.1, 0.15) is 18.0 Å². The normalized spacial score (nSPS) is 16.1. The van der Waals surface area contributed by atoms with E-state index in [1.807, 2.05) is 0 Å². The molecule has 1 aromatic carbocycles. The molecule has 1 aliphatic rings. The van der Waals surface area contributed by atoms with Gasteiger partial charge in [0, 0.05) is 31.6 Å². The Morgan fingerprint density at radius 2 is 2.27 bits per heavy atom. The van der Waals surface area contributed by atoms with Crippen LogP contribution in [0.4, 0.5) is 10.2 Å². The minimum Gasteiger partial charge on any atom is -0.387 e. The molecular weight excluding hydrogens is 283 g/mol. The van der Waals surface area contributed by atoms with Crippen LogP contribution in [0.3, 0.4) is 0 Å². The van der Waals surface area contributed by atoms with Crippen molar-refractivity contribution in [1.82, 2.24) is 14.9 Å². The SMILES string of the molecule is CN1CCc2ncnc(NCC(O)c3cccc(F)c3)c2C1. The maximum Gasteiger partial charge on any atom is 0.134 e. The van der Waals surface area contributed by atoms with E-state index in [0.29, 0.717) is 5.56 Å². The number of likely N-dealkylation sites (N-methyl/N-ethyl adjacent to an activating group) is 1. The summed E-state index contributed by atoms with van der Waals surface area (Å²) in [4.78, 5) is 10.8. The highest BCUT2D eigenvalue weighted by atomic mass is 19.1. The van der Waals surface area contributed by atoms with E-state index in [1.54, 1.807) is 18.5 Å². The van der Waals surface area contributed by atoms with Gasteiger partial charge in [-0.05, 0) is 24.7 Å². The zero-order chi connectivity index (χ0) is 15.5. The number of aliphatic hydroxyl groups is 1. The molecule has 0 bridgehead atoms. The molecule has 1 aromatic heterocycles. The van der Waals surface area contributed by atoms with Gasteiger partial charge >= 0.3 is 0 Å². The number of nitrogens with one attached hydrogen (secondary N) is 1. The predicted octanol–water partition coefficient (Wildman–Crippen LogP) is 1.75. The lowest BCUT2D eigenvalue weighted by molar-refractivity contribution is 0.191. The molecular formula is C16H19FN4O. The summed E-state index contributed by atoms with van der Waals surface area (Å²) in [7, 11) is 2.06. The molecule has 5 nitrogen and oxygen atoms in total. The topological polar surface area (TPSA) is 61.3 Å². The first-order valence-electron chi connectivity index (χ1n) is 7.32. The molecule has 116 valence electrons. The fraction of sp³-hybridized carbons (Fsp3) is 0.375. The van der Waals surface area contributed by atoms with Gasteiger partial charge in [0.05, 0.1) is 11.8 Å². The van der Waals surface area contributed by atoms with Crippen molar-refractivity contribution >= 4 is 5.82 Å². The van der Waals surface area contributed by atoms with Crippen LogP contribution in [-0.2, 0) is 13.0 Å². The maximum absolute atomic E-state index is 13.2. The van der Waals surface area contributed by atoms with Gasteiger partial charge in [0.15, 0.2) is 0 Å². The van der Waals surface area contributed by atoms with Crippen molar-refractivity contribution in [3.63, 3.8) is 0 Å². The number of rotatable bonds is 4. The molecule has 0 spiro atoms. The molecule has 6 heteroatoms. The van der Waals surface area contributed by atoms with Crippen LogP contribution in [0.15, 0.2) is 30.6 Å². The lowest BCUT2D eigenvalue weighted by Gasteiger charge is -2.26. The molecule has 0 saturated heterocycles. The summed E-state index contributed by atoms with van der Waals surface area (Å²) in [6.07, 6.45) is 1.65. The van der Waals surface area contributed by atoms with Crippen LogP contribution in [0.25, 0.3) is 0 Å². The Labute approximate surface area is 128 Å². The zero-order valence-electron chi connectivity index (χ0n) is 12.5. The van der Waals surface area contributed by atoms with Crippen LogP contribution in [0, 0.1) is 5.82 Å². The number of fused-ring (bicyclic) bond motifs is 1. The number of hydrogen-bond acceptors (Lipinski definition) is 5. The van der Waals surface area contributed by atoms with E-state index in [2.05, 4.69) is 27.2 Å². The van der Waals surface area contributed by atoms with Gasteiger partial charge in [-0.15, -0.1) is 0 Å². The van der Waals surface area contributed by atoms with E-state index in [-0.39, 0.29) is 12.4 Å². The Morgan fingerprint density at radius 1 is 1.41 bits per heavy atom. The highest BCUT2D eigenvalue weighted by Crippen LogP contribution is 2.23. The maximum atomic E-state index is 13.2. The second-order valence-corrected chi connectivity index (χ2v) is 5.59. The first-order chi connectivity index (χ1) is 10.6. The van der Waals surface area contributed by atoms with Crippen molar-refractivity contribution in [3.05, 3.63) is 53.2 Å². The van der Waals surface area contributed by atoms with Crippen molar-refractivity contribution in [2.75, 3.05) is 25.5 Å². The van der Waals surface area contributed by atoms with Gasteiger partial charge in [-0.25, -0.2) is 14.4 Å². The second kappa shape index (κ2) is 6.37. The van der Waals surface area contributed by atoms with Gasteiger partial charge in [0.2, 0.25) is 0 Å². The molecule has 2 N–H and O–H groups in total. The number of anilines is 1. The minimum absolute atomic E-state index is 0.274. The number of aromatic nitrogens is 2. The zero-order valence-corrected chi connectivity index (χ0v) is 12.5. The summed E-state index contributed by atoms with van der Waals surface area (Å²) < 4.78 is 13.2. The van der Waals surface area contributed by atoms with Crippen LogP contribution in [0.1, 0.15) is 22.9 Å². The number of aliphatic hydroxyl groups excluding tert-OH is 1. The molecule has 3 rings (SSSR count). The first-order valence-corrected chi connectivity index (χ1v) is 7.32. The Bertz CT molecular complexity index is 664. The van der Waals surface area contributed by atoms with Crippen LogP contribution in [-0.4, -0.2) is 40.1 Å². The first kappa shape index (κ1) is 14.9. The van der Waals surface area contributed by atoms with Crippen molar-refractivity contribution in [1.29, 1.82) is 0 Å². The lowest BCUT2D eigenvalue weighted by atomic mass is 10.1. The third-order valence-corrected chi connectivity index (χ3v) is 3.89. The molecule has 0 radical (unpaired) electrons. The molecule has 0 fully saturated rings. The fourth-order valence-corrected chi connectivity index (χ4v) is 2.65. The third-order valence-electron chi connectivity index (χ3n) is 3.89. The summed E-state index contributed by atoms with van der Waals surface area (Å²) in [6, 6.07) is 6.00. The van der Waals surface area contributed by atoms with Gasteiger partial charge in [-0.1, -0.05) is 12.1 Å². The smallest absolute Gasteiger partial charge is 0.134 e. The molecule has 2 heterocycles. The average Bonchev–Trinajstić information content (AvgIpc) is 2.52. The van der Waals surface area contributed by atoms with Crippen LogP contribution < -0.4 is 5.32 Å². The third kappa shape index (κ3) is 3.23. The van der Waals surface area contributed by atoms with Crippen molar-refractivity contribution < 1.29 is 9.50 Å². The van der Waals surface area contributed by atoms with Crippen LogP contribution in [0.5, 0.6) is 0 Å².